The van der Waals surface area contributed by atoms with Gasteiger partial charge in [0.15, 0.2) is 5.16 Å². The number of hydrogen-bond donors (Lipinski definition) is 1. The number of rotatable bonds is 4. The fourth-order valence-electron chi connectivity index (χ4n) is 2.81. The third kappa shape index (κ3) is 3.44. The van der Waals surface area contributed by atoms with Gasteiger partial charge in [-0.15, -0.1) is 0 Å². The highest BCUT2D eigenvalue weighted by atomic mass is 32.2. The molecule has 2 aromatic heterocycles. The summed E-state index contributed by atoms with van der Waals surface area (Å²) in [6.07, 6.45) is 5.78. The molecule has 0 aromatic carbocycles. The standard InChI is InChI=1S/C15H20N4OS/c1-12-6-5-9-19-13(12)16-14(17-15(19)20)21-11-10-18-7-3-2-4-8-18/h5-6,9H,2-4,7-8,10-11H2,1H3/p+1. The molecule has 112 valence electrons. The lowest BCUT2D eigenvalue weighted by Crippen LogP contribution is -3.13. The maximum absolute atomic E-state index is 12.0. The van der Waals surface area contributed by atoms with E-state index in [9.17, 15) is 4.79 Å². The van der Waals surface area contributed by atoms with Crippen molar-refractivity contribution in [1.82, 2.24) is 14.4 Å². The highest BCUT2D eigenvalue weighted by Crippen LogP contribution is 2.12. The molecule has 1 saturated heterocycles. The number of fused-ring (bicyclic) bond motifs is 1. The second-order valence-corrected chi connectivity index (χ2v) is 6.64. The van der Waals surface area contributed by atoms with Crippen molar-refractivity contribution >= 4 is 17.4 Å². The molecule has 0 radical (unpaired) electrons. The topological polar surface area (TPSA) is 51.7 Å². The summed E-state index contributed by atoms with van der Waals surface area (Å²) in [5, 5.41) is 0.603. The van der Waals surface area contributed by atoms with Crippen LogP contribution in [0.4, 0.5) is 0 Å². The molecule has 5 nitrogen and oxygen atoms in total. The second kappa shape index (κ2) is 6.58. The summed E-state index contributed by atoms with van der Waals surface area (Å²) in [6, 6.07) is 3.81. The van der Waals surface area contributed by atoms with Gasteiger partial charge in [-0.1, -0.05) is 17.8 Å². The number of hydrogen-bond acceptors (Lipinski definition) is 4. The van der Waals surface area contributed by atoms with Gasteiger partial charge >= 0.3 is 5.69 Å². The average molecular weight is 305 g/mol. The van der Waals surface area contributed by atoms with Gasteiger partial charge in [-0.05, 0) is 37.8 Å². The zero-order chi connectivity index (χ0) is 14.7. The second-order valence-electron chi connectivity index (χ2n) is 5.58. The van der Waals surface area contributed by atoms with Crippen molar-refractivity contribution in [1.29, 1.82) is 0 Å². The molecular weight excluding hydrogens is 284 g/mol. The summed E-state index contributed by atoms with van der Waals surface area (Å²) in [6.45, 7) is 5.65. The van der Waals surface area contributed by atoms with Gasteiger partial charge in [0.05, 0.1) is 25.4 Å². The van der Waals surface area contributed by atoms with E-state index in [2.05, 4.69) is 9.97 Å². The van der Waals surface area contributed by atoms with E-state index in [1.165, 1.54) is 36.8 Å². The smallest absolute Gasteiger partial charge is 0.334 e. The van der Waals surface area contributed by atoms with Crippen molar-refractivity contribution in [3.05, 3.63) is 34.4 Å². The molecule has 1 N–H and O–H groups in total. The van der Waals surface area contributed by atoms with Crippen LogP contribution in [-0.2, 0) is 0 Å². The van der Waals surface area contributed by atoms with Crippen LogP contribution in [0.1, 0.15) is 24.8 Å². The first-order chi connectivity index (χ1) is 10.2. The molecule has 3 heterocycles. The number of piperidine rings is 1. The van der Waals surface area contributed by atoms with E-state index < -0.39 is 0 Å². The Kier molecular flexibility index (Phi) is 4.55. The summed E-state index contributed by atoms with van der Waals surface area (Å²) < 4.78 is 1.51. The zero-order valence-electron chi connectivity index (χ0n) is 12.3. The minimum absolute atomic E-state index is 0.239. The molecule has 0 saturated carbocycles. The number of thioether (sulfide) groups is 1. The van der Waals surface area contributed by atoms with Crippen molar-refractivity contribution in [3.8, 4) is 0 Å². The first-order valence-corrected chi connectivity index (χ1v) is 8.55. The third-order valence-electron chi connectivity index (χ3n) is 4.01. The number of likely N-dealkylation sites (tertiary alicyclic amines) is 1. The van der Waals surface area contributed by atoms with Gasteiger partial charge in [0.25, 0.3) is 0 Å². The molecule has 1 fully saturated rings. The summed E-state index contributed by atoms with van der Waals surface area (Å²) in [5.41, 5.74) is 1.47. The molecule has 0 atom stereocenters. The van der Waals surface area contributed by atoms with E-state index in [1.54, 1.807) is 22.9 Å². The molecule has 0 unspecified atom stereocenters. The quantitative estimate of drug-likeness (QED) is 0.839. The molecule has 0 bridgehead atoms. The van der Waals surface area contributed by atoms with Crippen LogP contribution in [0, 0.1) is 6.92 Å². The predicted molar refractivity (Wildman–Crippen MR) is 84.1 cm³/mol. The largest absolute Gasteiger partial charge is 0.355 e. The Morgan fingerprint density at radius 3 is 2.90 bits per heavy atom. The lowest BCUT2D eigenvalue weighted by molar-refractivity contribution is -0.902. The van der Waals surface area contributed by atoms with Gasteiger partial charge in [0.1, 0.15) is 5.65 Å². The van der Waals surface area contributed by atoms with Gasteiger partial charge in [0.2, 0.25) is 0 Å². The molecule has 6 heteroatoms. The van der Waals surface area contributed by atoms with Gasteiger partial charge in [-0.3, -0.25) is 4.40 Å². The lowest BCUT2D eigenvalue weighted by Gasteiger charge is -2.22. The van der Waals surface area contributed by atoms with Gasteiger partial charge < -0.3 is 4.90 Å². The minimum atomic E-state index is -0.239. The minimum Gasteiger partial charge on any atom is -0.334 e. The summed E-state index contributed by atoms with van der Waals surface area (Å²) in [4.78, 5) is 22.3. The molecule has 2 aromatic rings. The SMILES string of the molecule is Cc1cccn2c(=O)nc(SCC[NH+]3CCCCC3)nc12. The molecule has 0 amide bonds. The van der Waals surface area contributed by atoms with Crippen molar-refractivity contribution in [3.63, 3.8) is 0 Å². The Hall–Kier alpha value is -1.40. The van der Waals surface area contributed by atoms with E-state index in [0.29, 0.717) is 10.8 Å². The molecule has 1 aliphatic rings. The third-order valence-corrected chi connectivity index (χ3v) is 4.86. The highest BCUT2D eigenvalue weighted by Gasteiger charge is 2.13. The van der Waals surface area contributed by atoms with Gasteiger partial charge in [0, 0.05) is 6.20 Å². The van der Waals surface area contributed by atoms with Gasteiger partial charge in [-0.25, -0.2) is 9.78 Å². The molecule has 21 heavy (non-hydrogen) atoms. The van der Waals surface area contributed by atoms with Crippen LogP contribution in [0.15, 0.2) is 28.3 Å². The molecular formula is C15H21N4OS+. The zero-order valence-corrected chi connectivity index (χ0v) is 13.2. The first kappa shape index (κ1) is 14.5. The molecule has 1 aliphatic heterocycles. The molecule has 0 spiro atoms. The Morgan fingerprint density at radius 1 is 1.29 bits per heavy atom. The molecule has 3 rings (SSSR count). The predicted octanol–water partition coefficient (Wildman–Crippen LogP) is 0.559. The van der Waals surface area contributed by atoms with E-state index >= 15 is 0 Å². The Morgan fingerprint density at radius 2 is 2.10 bits per heavy atom. The summed E-state index contributed by atoms with van der Waals surface area (Å²) in [5.74, 6) is 0.969. The average Bonchev–Trinajstić information content (AvgIpc) is 2.50. The number of aromatic nitrogens is 3. The van der Waals surface area contributed by atoms with Crippen LogP contribution in [0.5, 0.6) is 0 Å². The highest BCUT2D eigenvalue weighted by molar-refractivity contribution is 7.99. The maximum atomic E-state index is 12.0. The van der Waals surface area contributed by atoms with Crippen molar-refractivity contribution in [2.45, 2.75) is 31.3 Å². The van der Waals surface area contributed by atoms with Gasteiger partial charge in [-0.2, -0.15) is 4.98 Å². The van der Waals surface area contributed by atoms with E-state index in [4.69, 9.17) is 0 Å². The monoisotopic (exact) mass is 305 g/mol. The van der Waals surface area contributed by atoms with Crippen LogP contribution in [-0.4, -0.2) is 39.8 Å². The van der Waals surface area contributed by atoms with Crippen LogP contribution in [0.3, 0.4) is 0 Å². The van der Waals surface area contributed by atoms with Crippen LogP contribution in [0.2, 0.25) is 0 Å². The van der Waals surface area contributed by atoms with Crippen molar-refractivity contribution in [2.75, 3.05) is 25.4 Å². The number of nitrogens with one attached hydrogen (secondary N) is 1. The Bertz CT molecular complexity index is 679. The van der Waals surface area contributed by atoms with E-state index in [-0.39, 0.29) is 5.69 Å². The van der Waals surface area contributed by atoms with E-state index in [0.717, 1.165) is 17.9 Å². The lowest BCUT2D eigenvalue weighted by atomic mass is 10.1. The Labute approximate surface area is 128 Å². The Balaban J connectivity index is 1.69. The molecule has 0 aliphatic carbocycles. The normalized spacial score (nSPS) is 16.4. The maximum Gasteiger partial charge on any atom is 0.355 e. The first-order valence-electron chi connectivity index (χ1n) is 7.56. The number of aryl methyl sites for hydroxylation is 1. The van der Waals surface area contributed by atoms with Crippen LogP contribution >= 0.6 is 11.8 Å². The number of pyridine rings is 1. The van der Waals surface area contributed by atoms with Crippen molar-refractivity contribution in [2.24, 2.45) is 0 Å². The number of quaternary nitrogens is 1. The summed E-state index contributed by atoms with van der Waals surface area (Å²) in [7, 11) is 0. The summed E-state index contributed by atoms with van der Waals surface area (Å²) >= 11 is 1.60. The van der Waals surface area contributed by atoms with E-state index in [1.807, 2.05) is 19.1 Å². The van der Waals surface area contributed by atoms with Crippen LogP contribution in [0.25, 0.3) is 5.65 Å². The number of nitrogens with zero attached hydrogens (tertiary/aromatic N) is 3. The van der Waals surface area contributed by atoms with Crippen molar-refractivity contribution < 1.29 is 4.90 Å². The fourth-order valence-corrected chi connectivity index (χ4v) is 3.68. The fraction of sp³-hybridized carbons (Fsp3) is 0.533. The van der Waals surface area contributed by atoms with Crippen LogP contribution < -0.4 is 10.6 Å².